The molecule has 0 saturated carbocycles. The van der Waals surface area contributed by atoms with Crippen molar-refractivity contribution in [3.05, 3.63) is 47.4 Å². The lowest BCUT2D eigenvalue weighted by Crippen LogP contribution is -2.14. The molecule has 0 aromatic carbocycles. The van der Waals surface area contributed by atoms with Crippen LogP contribution < -0.4 is 5.32 Å². The maximum absolute atomic E-state index is 10.6. The van der Waals surface area contributed by atoms with Gasteiger partial charge in [-0.15, -0.1) is 0 Å². The first-order valence-electron chi connectivity index (χ1n) is 5.45. The fourth-order valence-electron chi connectivity index (χ4n) is 1.44. The van der Waals surface area contributed by atoms with E-state index >= 15 is 0 Å². The Hall–Kier alpha value is -2.21. The number of aryl methyl sites for hydroxylation is 1. The van der Waals surface area contributed by atoms with Crippen molar-refractivity contribution >= 4 is 5.97 Å². The highest BCUT2D eigenvalue weighted by Gasteiger charge is 2.03. The van der Waals surface area contributed by atoms with Crippen molar-refractivity contribution in [3.63, 3.8) is 0 Å². The molecule has 0 spiro atoms. The van der Waals surface area contributed by atoms with Gasteiger partial charge in [0.05, 0.1) is 24.0 Å². The molecule has 0 bridgehead atoms. The van der Waals surface area contributed by atoms with Gasteiger partial charge < -0.3 is 14.8 Å². The van der Waals surface area contributed by atoms with Crippen LogP contribution in [0.15, 0.2) is 28.9 Å². The van der Waals surface area contributed by atoms with Gasteiger partial charge in [-0.3, -0.25) is 4.98 Å². The third kappa shape index (κ3) is 3.14. The summed E-state index contributed by atoms with van der Waals surface area (Å²) in [6.45, 7) is 2.88. The lowest BCUT2D eigenvalue weighted by Gasteiger charge is -2.02. The number of hydrogen-bond donors (Lipinski definition) is 2. The maximum atomic E-state index is 10.6. The average molecular weight is 247 g/mol. The van der Waals surface area contributed by atoms with Crippen LogP contribution >= 0.6 is 0 Å². The van der Waals surface area contributed by atoms with E-state index in [1.165, 1.54) is 12.3 Å². The molecule has 2 aromatic heterocycles. The zero-order valence-electron chi connectivity index (χ0n) is 9.88. The van der Waals surface area contributed by atoms with Crippen LogP contribution in [0, 0.1) is 6.92 Å². The van der Waals surface area contributed by atoms with Crippen LogP contribution in [0.5, 0.6) is 0 Å². The van der Waals surface area contributed by atoms with E-state index in [0.717, 1.165) is 11.5 Å². The van der Waals surface area contributed by atoms with Crippen LogP contribution in [0.1, 0.15) is 27.7 Å². The minimum atomic E-state index is -0.975. The summed E-state index contributed by atoms with van der Waals surface area (Å²) in [5.41, 5.74) is 0.949. The van der Waals surface area contributed by atoms with Gasteiger partial charge in [-0.25, -0.2) is 9.78 Å². The summed E-state index contributed by atoms with van der Waals surface area (Å²) in [5.74, 6) is 0.419. The molecule has 2 heterocycles. The van der Waals surface area contributed by atoms with E-state index < -0.39 is 5.97 Å². The molecule has 6 heteroatoms. The second kappa shape index (κ2) is 5.42. The highest BCUT2D eigenvalue weighted by molar-refractivity contribution is 5.87. The zero-order chi connectivity index (χ0) is 13.0. The van der Waals surface area contributed by atoms with Crippen LogP contribution in [0.25, 0.3) is 0 Å². The first-order valence-corrected chi connectivity index (χ1v) is 5.45. The molecule has 6 nitrogen and oxygen atoms in total. The van der Waals surface area contributed by atoms with Gasteiger partial charge in [0.25, 0.3) is 0 Å². The third-order valence-corrected chi connectivity index (χ3v) is 2.32. The van der Waals surface area contributed by atoms with Crippen molar-refractivity contribution in [1.29, 1.82) is 0 Å². The Kier molecular flexibility index (Phi) is 3.69. The van der Waals surface area contributed by atoms with E-state index in [9.17, 15) is 4.79 Å². The molecule has 0 radical (unpaired) electrons. The molecule has 0 aliphatic carbocycles. The predicted molar refractivity (Wildman–Crippen MR) is 63.0 cm³/mol. The summed E-state index contributed by atoms with van der Waals surface area (Å²) < 4.78 is 5.30. The third-order valence-electron chi connectivity index (χ3n) is 2.32. The van der Waals surface area contributed by atoms with Crippen LogP contribution in [-0.2, 0) is 13.1 Å². The molecule has 18 heavy (non-hydrogen) atoms. The number of oxazole rings is 1. The summed E-state index contributed by atoms with van der Waals surface area (Å²) >= 11 is 0. The summed E-state index contributed by atoms with van der Waals surface area (Å²) in [6.07, 6.45) is 3.01. The number of pyridine rings is 1. The molecule has 0 fully saturated rings. The number of carboxylic acids is 1. The SMILES string of the molecule is Cc1cnc(CNCc2ccc(C(=O)O)cn2)o1. The Balaban J connectivity index is 1.85. The van der Waals surface area contributed by atoms with Gasteiger partial charge in [0.1, 0.15) is 5.76 Å². The summed E-state index contributed by atoms with van der Waals surface area (Å²) in [5, 5.41) is 11.8. The monoisotopic (exact) mass is 247 g/mol. The van der Waals surface area contributed by atoms with Crippen molar-refractivity contribution in [2.24, 2.45) is 0 Å². The predicted octanol–water partition coefficient (Wildman–Crippen LogP) is 1.37. The number of carbonyl (C=O) groups is 1. The van der Waals surface area contributed by atoms with Crippen molar-refractivity contribution in [1.82, 2.24) is 15.3 Å². The van der Waals surface area contributed by atoms with E-state index in [-0.39, 0.29) is 5.56 Å². The van der Waals surface area contributed by atoms with Crippen LogP contribution in [-0.4, -0.2) is 21.0 Å². The first kappa shape index (κ1) is 12.3. The standard InChI is InChI=1S/C12H13N3O3/c1-8-4-15-11(18-8)7-13-6-10-3-2-9(5-14-10)12(16)17/h2-5,13H,6-7H2,1H3,(H,16,17). The molecule has 2 N–H and O–H groups in total. The highest BCUT2D eigenvalue weighted by Crippen LogP contribution is 2.03. The Morgan fingerprint density at radius 3 is 2.72 bits per heavy atom. The van der Waals surface area contributed by atoms with Crippen molar-refractivity contribution < 1.29 is 14.3 Å². The summed E-state index contributed by atoms with van der Waals surface area (Å²) in [7, 11) is 0. The molecule has 0 aliphatic rings. The molecule has 0 unspecified atom stereocenters. The Morgan fingerprint density at radius 1 is 1.33 bits per heavy atom. The molecule has 2 rings (SSSR count). The zero-order valence-corrected chi connectivity index (χ0v) is 9.88. The van der Waals surface area contributed by atoms with Gasteiger partial charge in [-0.2, -0.15) is 0 Å². The first-order chi connectivity index (χ1) is 8.65. The topological polar surface area (TPSA) is 88.2 Å². The number of aromatic nitrogens is 2. The number of nitrogens with one attached hydrogen (secondary N) is 1. The van der Waals surface area contributed by atoms with Crippen molar-refractivity contribution in [2.45, 2.75) is 20.0 Å². The molecule has 0 saturated heterocycles. The van der Waals surface area contributed by atoms with Gasteiger partial charge in [0.2, 0.25) is 5.89 Å². The largest absolute Gasteiger partial charge is 0.478 e. The molecule has 2 aromatic rings. The lowest BCUT2D eigenvalue weighted by molar-refractivity contribution is 0.0696. The van der Waals surface area contributed by atoms with Crippen LogP contribution in [0.2, 0.25) is 0 Å². The average Bonchev–Trinajstić information content (AvgIpc) is 2.76. The number of carboxylic acid groups (broad SMARTS) is 1. The Bertz CT molecular complexity index is 534. The number of nitrogens with zero attached hydrogens (tertiary/aromatic N) is 2. The van der Waals surface area contributed by atoms with Crippen molar-refractivity contribution in [3.8, 4) is 0 Å². The van der Waals surface area contributed by atoms with E-state index in [1.807, 2.05) is 6.92 Å². The number of rotatable bonds is 5. The van der Waals surface area contributed by atoms with Gasteiger partial charge >= 0.3 is 5.97 Å². The molecule has 0 atom stereocenters. The second-order valence-electron chi connectivity index (χ2n) is 3.81. The summed E-state index contributed by atoms with van der Waals surface area (Å²) in [4.78, 5) is 18.7. The van der Waals surface area contributed by atoms with Gasteiger partial charge in [-0.1, -0.05) is 0 Å². The summed E-state index contributed by atoms with van der Waals surface area (Å²) in [6, 6.07) is 3.21. The van der Waals surface area contributed by atoms with Gasteiger partial charge in [-0.05, 0) is 19.1 Å². The molecular formula is C12H13N3O3. The fraction of sp³-hybridized carbons (Fsp3) is 0.250. The molecule has 94 valence electrons. The van der Waals surface area contributed by atoms with E-state index in [2.05, 4.69) is 15.3 Å². The van der Waals surface area contributed by atoms with Gasteiger partial charge in [0, 0.05) is 12.7 Å². The van der Waals surface area contributed by atoms with E-state index in [0.29, 0.717) is 19.0 Å². The molecule has 0 aliphatic heterocycles. The quantitative estimate of drug-likeness (QED) is 0.829. The number of hydrogen-bond acceptors (Lipinski definition) is 5. The number of aromatic carboxylic acids is 1. The molecular weight excluding hydrogens is 234 g/mol. The lowest BCUT2D eigenvalue weighted by atomic mass is 10.2. The minimum Gasteiger partial charge on any atom is -0.478 e. The molecule has 0 amide bonds. The highest BCUT2D eigenvalue weighted by atomic mass is 16.4. The van der Waals surface area contributed by atoms with E-state index in [1.54, 1.807) is 12.3 Å². The minimum absolute atomic E-state index is 0.182. The van der Waals surface area contributed by atoms with E-state index in [4.69, 9.17) is 9.52 Å². The smallest absolute Gasteiger partial charge is 0.337 e. The second-order valence-corrected chi connectivity index (χ2v) is 3.81. The maximum Gasteiger partial charge on any atom is 0.337 e. The Morgan fingerprint density at radius 2 is 2.17 bits per heavy atom. The Labute approximate surface area is 104 Å². The normalized spacial score (nSPS) is 10.5. The van der Waals surface area contributed by atoms with Crippen LogP contribution in [0.3, 0.4) is 0 Å². The van der Waals surface area contributed by atoms with Gasteiger partial charge in [0.15, 0.2) is 0 Å². The fourth-order valence-corrected chi connectivity index (χ4v) is 1.44. The van der Waals surface area contributed by atoms with Crippen molar-refractivity contribution in [2.75, 3.05) is 0 Å². The van der Waals surface area contributed by atoms with Crippen LogP contribution in [0.4, 0.5) is 0 Å².